The van der Waals surface area contributed by atoms with Crippen LogP contribution in [0.4, 0.5) is 0 Å². The van der Waals surface area contributed by atoms with Gasteiger partial charge in [0.2, 0.25) is 0 Å². The fourth-order valence-electron chi connectivity index (χ4n) is 2.25. The molecule has 0 amide bonds. The molecule has 0 aliphatic heterocycles. The lowest BCUT2D eigenvalue weighted by Gasteiger charge is -2.03. The number of hydrogen-bond donors (Lipinski definition) is 1. The fourth-order valence-corrected chi connectivity index (χ4v) is 2.25. The maximum atomic E-state index is 7.70. The minimum atomic E-state index is 0.965. The number of nitrogens with one attached hydrogen (secondary N) is 1. The van der Waals surface area contributed by atoms with Gasteiger partial charge in [-0.2, -0.15) is 0 Å². The zero-order valence-electron chi connectivity index (χ0n) is 12.2. The Kier molecular flexibility index (Phi) is 13.5. The molecule has 1 nitrogen and oxygen atoms in total. The molecule has 0 saturated heterocycles. The van der Waals surface area contributed by atoms with Crippen LogP contribution in [0.25, 0.3) is 0 Å². The predicted octanol–water partition coefficient (Wildman–Crippen LogP) is 6.12. The lowest BCUT2D eigenvalue weighted by atomic mass is 10.0. The number of hydrogen-bond acceptors (Lipinski definition) is 1. The van der Waals surface area contributed by atoms with Crippen LogP contribution in [0.2, 0.25) is 0 Å². The first kappa shape index (κ1) is 16.7. The first-order chi connectivity index (χ1) is 8.31. The van der Waals surface area contributed by atoms with Crippen molar-refractivity contribution >= 4 is 5.71 Å². The largest absolute Gasteiger partial charge is 0.310 e. The summed E-state index contributed by atoms with van der Waals surface area (Å²) in [5.74, 6) is 0. The van der Waals surface area contributed by atoms with Crippen molar-refractivity contribution in [2.45, 2.75) is 97.3 Å². The van der Waals surface area contributed by atoms with E-state index in [1.807, 2.05) is 0 Å². The molecule has 0 atom stereocenters. The molecule has 0 fully saturated rings. The summed E-state index contributed by atoms with van der Waals surface area (Å²) in [5, 5.41) is 7.70. The Labute approximate surface area is 109 Å². The van der Waals surface area contributed by atoms with E-state index >= 15 is 0 Å². The van der Waals surface area contributed by atoms with Crippen LogP contribution in [0, 0.1) is 5.41 Å². The Hall–Kier alpha value is -0.330. The molecule has 0 bridgehead atoms. The molecule has 17 heavy (non-hydrogen) atoms. The number of rotatable bonds is 13. The summed E-state index contributed by atoms with van der Waals surface area (Å²) in [6, 6.07) is 0. The summed E-state index contributed by atoms with van der Waals surface area (Å²) < 4.78 is 0. The molecule has 0 aliphatic carbocycles. The van der Waals surface area contributed by atoms with E-state index in [1.165, 1.54) is 64.2 Å². The highest BCUT2D eigenvalue weighted by Gasteiger charge is 1.96. The summed E-state index contributed by atoms with van der Waals surface area (Å²) in [7, 11) is 0. The molecule has 0 spiro atoms. The Balaban J connectivity index is 3.01. The van der Waals surface area contributed by atoms with Crippen molar-refractivity contribution in [3.8, 4) is 0 Å². The van der Waals surface area contributed by atoms with Gasteiger partial charge in [-0.1, -0.05) is 78.1 Å². The highest BCUT2D eigenvalue weighted by molar-refractivity contribution is 5.81. The van der Waals surface area contributed by atoms with Crippen LogP contribution in [-0.2, 0) is 0 Å². The second-order valence-corrected chi connectivity index (χ2v) is 5.29. The first-order valence-corrected chi connectivity index (χ1v) is 7.87. The Morgan fingerprint density at radius 3 is 1.53 bits per heavy atom. The standard InChI is InChI=1S/C16H33N/c1-3-5-6-7-8-9-10-11-12-13-15-16(17)14-4-2/h17H,3-15H2,1-2H3. The molecular weight excluding hydrogens is 206 g/mol. The summed E-state index contributed by atoms with van der Waals surface area (Å²) in [6.07, 6.45) is 17.1. The molecular formula is C16H33N. The van der Waals surface area contributed by atoms with Gasteiger partial charge in [0.25, 0.3) is 0 Å². The van der Waals surface area contributed by atoms with Crippen LogP contribution in [0.3, 0.4) is 0 Å². The zero-order valence-corrected chi connectivity index (χ0v) is 12.2. The number of unbranched alkanes of at least 4 members (excludes halogenated alkanes) is 9. The van der Waals surface area contributed by atoms with Gasteiger partial charge in [-0.05, 0) is 19.3 Å². The van der Waals surface area contributed by atoms with Crippen molar-refractivity contribution in [3.05, 3.63) is 0 Å². The van der Waals surface area contributed by atoms with Gasteiger partial charge in [0.15, 0.2) is 0 Å². The molecule has 0 rings (SSSR count). The smallest absolute Gasteiger partial charge is 0.00890 e. The van der Waals surface area contributed by atoms with E-state index in [0.717, 1.165) is 25.0 Å². The normalized spacial score (nSPS) is 10.7. The highest BCUT2D eigenvalue weighted by Crippen LogP contribution is 2.11. The Morgan fingerprint density at radius 1 is 0.588 bits per heavy atom. The third kappa shape index (κ3) is 13.6. The molecule has 102 valence electrons. The van der Waals surface area contributed by atoms with Crippen molar-refractivity contribution in [2.75, 3.05) is 0 Å². The van der Waals surface area contributed by atoms with Gasteiger partial charge in [-0.15, -0.1) is 0 Å². The zero-order chi connectivity index (χ0) is 12.8. The average Bonchev–Trinajstić information content (AvgIpc) is 2.32. The molecule has 0 aromatic heterocycles. The Bertz CT molecular complexity index is 163. The molecule has 0 radical (unpaired) electrons. The molecule has 1 N–H and O–H groups in total. The van der Waals surface area contributed by atoms with Gasteiger partial charge in [-0.3, -0.25) is 0 Å². The maximum absolute atomic E-state index is 7.70. The van der Waals surface area contributed by atoms with Crippen LogP contribution in [0.5, 0.6) is 0 Å². The maximum Gasteiger partial charge on any atom is 0.00890 e. The summed E-state index contributed by atoms with van der Waals surface area (Å²) >= 11 is 0. The molecule has 0 aromatic rings. The molecule has 0 heterocycles. The van der Waals surface area contributed by atoms with Crippen LogP contribution < -0.4 is 0 Å². The van der Waals surface area contributed by atoms with Gasteiger partial charge in [-0.25, -0.2) is 0 Å². The predicted molar refractivity (Wildman–Crippen MR) is 79.1 cm³/mol. The van der Waals surface area contributed by atoms with E-state index in [2.05, 4.69) is 13.8 Å². The van der Waals surface area contributed by atoms with E-state index in [9.17, 15) is 0 Å². The topological polar surface area (TPSA) is 23.9 Å². The molecule has 0 unspecified atom stereocenters. The third-order valence-electron chi connectivity index (χ3n) is 3.38. The molecule has 0 aliphatic rings. The Morgan fingerprint density at radius 2 is 1.06 bits per heavy atom. The minimum Gasteiger partial charge on any atom is -0.310 e. The lowest BCUT2D eigenvalue weighted by molar-refractivity contribution is 0.558. The highest BCUT2D eigenvalue weighted by atomic mass is 14.4. The van der Waals surface area contributed by atoms with Gasteiger partial charge in [0.1, 0.15) is 0 Å². The minimum absolute atomic E-state index is 0.965. The summed E-state index contributed by atoms with van der Waals surface area (Å²) in [4.78, 5) is 0. The van der Waals surface area contributed by atoms with E-state index in [1.54, 1.807) is 0 Å². The van der Waals surface area contributed by atoms with Crippen LogP contribution >= 0.6 is 0 Å². The van der Waals surface area contributed by atoms with Gasteiger partial charge < -0.3 is 5.41 Å². The molecule has 1 heteroatoms. The van der Waals surface area contributed by atoms with Crippen LogP contribution in [0.15, 0.2) is 0 Å². The van der Waals surface area contributed by atoms with Crippen molar-refractivity contribution in [2.24, 2.45) is 0 Å². The summed E-state index contributed by atoms with van der Waals surface area (Å²) in [5.41, 5.74) is 0.965. The monoisotopic (exact) mass is 239 g/mol. The van der Waals surface area contributed by atoms with E-state index in [4.69, 9.17) is 5.41 Å². The quantitative estimate of drug-likeness (QED) is 0.296. The van der Waals surface area contributed by atoms with Crippen molar-refractivity contribution in [3.63, 3.8) is 0 Å². The third-order valence-corrected chi connectivity index (χ3v) is 3.38. The van der Waals surface area contributed by atoms with Crippen LogP contribution in [0.1, 0.15) is 97.3 Å². The van der Waals surface area contributed by atoms with Crippen LogP contribution in [-0.4, -0.2) is 5.71 Å². The van der Waals surface area contributed by atoms with Gasteiger partial charge in [0, 0.05) is 5.71 Å². The second kappa shape index (κ2) is 13.7. The van der Waals surface area contributed by atoms with Crippen molar-refractivity contribution in [1.82, 2.24) is 0 Å². The SMILES string of the molecule is CCCCCCCCCCCCC(=N)CCC. The molecule has 0 saturated carbocycles. The van der Waals surface area contributed by atoms with Gasteiger partial charge in [0.05, 0.1) is 0 Å². The lowest BCUT2D eigenvalue weighted by Crippen LogP contribution is -1.95. The van der Waals surface area contributed by atoms with E-state index in [0.29, 0.717) is 0 Å². The average molecular weight is 239 g/mol. The van der Waals surface area contributed by atoms with E-state index in [-0.39, 0.29) is 0 Å². The van der Waals surface area contributed by atoms with Crippen molar-refractivity contribution < 1.29 is 0 Å². The van der Waals surface area contributed by atoms with E-state index < -0.39 is 0 Å². The first-order valence-electron chi connectivity index (χ1n) is 7.87. The second-order valence-electron chi connectivity index (χ2n) is 5.29. The molecule has 0 aromatic carbocycles. The van der Waals surface area contributed by atoms with Crippen molar-refractivity contribution in [1.29, 1.82) is 5.41 Å². The summed E-state index contributed by atoms with van der Waals surface area (Å²) in [6.45, 7) is 4.43. The fraction of sp³-hybridized carbons (Fsp3) is 0.938. The van der Waals surface area contributed by atoms with Gasteiger partial charge >= 0.3 is 0 Å².